The quantitative estimate of drug-likeness (QED) is 0.847. The molecule has 0 aliphatic carbocycles. The zero-order valence-corrected chi connectivity index (χ0v) is 12.7. The van der Waals surface area contributed by atoms with E-state index in [2.05, 4.69) is 0 Å². The number of carbonyl (C=O) groups excluding carboxylic acids is 1. The van der Waals surface area contributed by atoms with E-state index in [-0.39, 0.29) is 23.5 Å². The number of carbonyl (C=O) groups is 1. The number of halogens is 1. The summed E-state index contributed by atoms with van der Waals surface area (Å²) < 4.78 is 5.47. The molecular formula is C13H17ClN2O2S. The van der Waals surface area contributed by atoms with Crippen LogP contribution < -0.4 is 10.5 Å². The third kappa shape index (κ3) is 4.36. The number of hydrogen-bond donors (Lipinski definition) is 1. The average Bonchev–Trinajstić information content (AvgIpc) is 2.34. The van der Waals surface area contributed by atoms with Crippen molar-refractivity contribution in [3.63, 3.8) is 0 Å². The normalized spacial score (nSPS) is 10.4. The highest BCUT2D eigenvalue weighted by molar-refractivity contribution is 7.80. The Kier molecular flexibility index (Phi) is 5.57. The molecule has 0 fully saturated rings. The van der Waals surface area contributed by atoms with Crippen molar-refractivity contribution < 1.29 is 9.53 Å². The third-order valence-electron chi connectivity index (χ3n) is 2.73. The van der Waals surface area contributed by atoms with Gasteiger partial charge in [-0.1, -0.05) is 23.8 Å². The first kappa shape index (κ1) is 15.7. The fourth-order valence-electron chi connectivity index (χ4n) is 1.35. The van der Waals surface area contributed by atoms with Gasteiger partial charge in [0.2, 0.25) is 0 Å². The Hall–Kier alpha value is -1.33. The van der Waals surface area contributed by atoms with E-state index < -0.39 is 0 Å². The van der Waals surface area contributed by atoms with Gasteiger partial charge in [0.15, 0.2) is 6.61 Å². The Labute approximate surface area is 123 Å². The first-order valence-corrected chi connectivity index (χ1v) is 6.59. The van der Waals surface area contributed by atoms with E-state index in [0.717, 1.165) is 0 Å². The lowest BCUT2D eigenvalue weighted by atomic mass is 10.2. The Morgan fingerprint density at radius 3 is 2.68 bits per heavy atom. The molecule has 0 spiro atoms. The second kappa shape index (κ2) is 6.73. The predicted molar refractivity (Wildman–Crippen MR) is 80.7 cm³/mol. The van der Waals surface area contributed by atoms with E-state index in [1.165, 1.54) is 0 Å². The van der Waals surface area contributed by atoms with Crippen molar-refractivity contribution >= 4 is 34.7 Å². The van der Waals surface area contributed by atoms with Crippen molar-refractivity contribution in [2.75, 3.05) is 13.7 Å². The molecule has 6 heteroatoms. The number of rotatable bonds is 5. The van der Waals surface area contributed by atoms with Crippen molar-refractivity contribution in [3.8, 4) is 5.75 Å². The summed E-state index contributed by atoms with van der Waals surface area (Å²) in [6.07, 6.45) is 0. The van der Waals surface area contributed by atoms with Gasteiger partial charge in [-0.15, -0.1) is 0 Å². The van der Waals surface area contributed by atoms with Gasteiger partial charge in [-0.25, -0.2) is 0 Å². The molecule has 0 aliphatic heterocycles. The lowest BCUT2D eigenvalue weighted by molar-refractivity contribution is -0.133. The highest BCUT2D eigenvalue weighted by Gasteiger charge is 2.14. The smallest absolute Gasteiger partial charge is 0.260 e. The lowest BCUT2D eigenvalue weighted by Crippen LogP contribution is -2.36. The van der Waals surface area contributed by atoms with E-state index in [4.69, 9.17) is 34.3 Å². The maximum atomic E-state index is 11.8. The molecule has 1 aromatic rings. The van der Waals surface area contributed by atoms with E-state index in [1.807, 2.05) is 13.8 Å². The molecule has 1 aromatic carbocycles. The maximum absolute atomic E-state index is 11.8. The number of benzene rings is 1. The van der Waals surface area contributed by atoms with Crippen LogP contribution in [0, 0.1) is 0 Å². The molecule has 0 bridgehead atoms. The van der Waals surface area contributed by atoms with Crippen LogP contribution in [0.15, 0.2) is 18.2 Å². The molecule has 0 saturated carbocycles. The van der Waals surface area contributed by atoms with Crippen molar-refractivity contribution in [2.24, 2.45) is 5.73 Å². The topological polar surface area (TPSA) is 55.6 Å². The highest BCUT2D eigenvalue weighted by atomic mass is 35.5. The summed E-state index contributed by atoms with van der Waals surface area (Å²) >= 11 is 10.8. The second-order valence-corrected chi connectivity index (χ2v) is 5.27. The third-order valence-corrected chi connectivity index (χ3v) is 3.18. The SMILES string of the molecule is CC(C)N(C)C(=O)COc1cc(Cl)ccc1C(N)=S. The Morgan fingerprint density at radius 2 is 2.16 bits per heavy atom. The summed E-state index contributed by atoms with van der Waals surface area (Å²) in [6.45, 7) is 3.78. The van der Waals surface area contributed by atoms with Crippen molar-refractivity contribution in [2.45, 2.75) is 19.9 Å². The van der Waals surface area contributed by atoms with Crippen LogP contribution in [-0.4, -0.2) is 35.5 Å². The molecule has 1 rings (SSSR count). The molecule has 1 amide bonds. The number of hydrogen-bond acceptors (Lipinski definition) is 3. The highest BCUT2D eigenvalue weighted by Crippen LogP contribution is 2.23. The molecule has 0 aromatic heterocycles. The lowest BCUT2D eigenvalue weighted by Gasteiger charge is -2.21. The summed E-state index contributed by atoms with van der Waals surface area (Å²) in [6, 6.07) is 5.06. The van der Waals surface area contributed by atoms with Crippen LogP contribution in [0.4, 0.5) is 0 Å². The molecule has 0 atom stereocenters. The molecule has 19 heavy (non-hydrogen) atoms. The van der Waals surface area contributed by atoms with Crippen molar-refractivity contribution in [1.29, 1.82) is 0 Å². The van der Waals surface area contributed by atoms with Crippen LogP contribution in [0.25, 0.3) is 0 Å². The summed E-state index contributed by atoms with van der Waals surface area (Å²) in [5.74, 6) is 0.300. The van der Waals surface area contributed by atoms with Gasteiger partial charge < -0.3 is 15.4 Å². The predicted octanol–water partition coefficient (Wildman–Crippen LogP) is 2.22. The van der Waals surface area contributed by atoms with Gasteiger partial charge in [0.25, 0.3) is 5.91 Å². The minimum atomic E-state index is -0.121. The summed E-state index contributed by atoms with van der Waals surface area (Å²) in [5, 5.41) is 0.500. The molecular weight excluding hydrogens is 284 g/mol. The Morgan fingerprint density at radius 1 is 1.53 bits per heavy atom. The van der Waals surface area contributed by atoms with Gasteiger partial charge in [0.1, 0.15) is 10.7 Å². The first-order valence-electron chi connectivity index (χ1n) is 5.80. The first-order chi connectivity index (χ1) is 8.82. The van der Waals surface area contributed by atoms with Gasteiger partial charge in [-0.2, -0.15) is 0 Å². The van der Waals surface area contributed by atoms with Gasteiger partial charge in [0.05, 0.1) is 5.56 Å². The number of ether oxygens (including phenoxy) is 1. The van der Waals surface area contributed by atoms with Crippen LogP contribution in [0.3, 0.4) is 0 Å². The van der Waals surface area contributed by atoms with Crippen molar-refractivity contribution in [3.05, 3.63) is 28.8 Å². The molecule has 4 nitrogen and oxygen atoms in total. The largest absolute Gasteiger partial charge is 0.483 e. The zero-order chi connectivity index (χ0) is 14.6. The van der Waals surface area contributed by atoms with Crippen LogP contribution in [0.5, 0.6) is 5.75 Å². The van der Waals surface area contributed by atoms with Crippen LogP contribution in [0.1, 0.15) is 19.4 Å². The van der Waals surface area contributed by atoms with E-state index in [0.29, 0.717) is 16.3 Å². The molecule has 104 valence electrons. The molecule has 0 aliphatic rings. The average molecular weight is 301 g/mol. The van der Waals surface area contributed by atoms with Gasteiger partial charge in [-0.05, 0) is 32.0 Å². The number of nitrogens with zero attached hydrogens (tertiary/aromatic N) is 1. The van der Waals surface area contributed by atoms with Crippen LogP contribution in [-0.2, 0) is 4.79 Å². The van der Waals surface area contributed by atoms with E-state index in [9.17, 15) is 4.79 Å². The molecule has 2 N–H and O–H groups in total. The summed E-state index contributed by atoms with van der Waals surface area (Å²) in [5.41, 5.74) is 6.16. The number of thiocarbonyl (C=S) groups is 1. The Balaban J connectivity index is 2.80. The minimum absolute atomic E-state index is 0.0787. The van der Waals surface area contributed by atoms with Gasteiger partial charge >= 0.3 is 0 Å². The van der Waals surface area contributed by atoms with Crippen LogP contribution >= 0.6 is 23.8 Å². The number of amides is 1. The second-order valence-electron chi connectivity index (χ2n) is 4.39. The standard InChI is InChI=1S/C13H17ClN2O2S/c1-8(2)16(3)12(17)7-18-11-6-9(14)4-5-10(11)13(15)19/h4-6,8H,7H2,1-3H3,(H2,15,19). The fourth-order valence-corrected chi connectivity index (χ4v) is 1.68. The summed E-state index contributed by atoms with van der Waals surface area (Å²) in [7, 11) is 1.73. The zero-order valence-electron chi connectivity index (χ0n) is 11.1. The number of likely N-dealkylation sites (N-methyl/N-ethyl adjacent to an activating group) is 1. The van der Waals surface area contributed by atoms with Crippen molar-refractivity contribution in [1.82, 2.24) is 4.90 Å². The molecule has 0 radical (unpaired) electrons. The van der Waals surface area contributed by atoms with Gasteiger partial charge in [0, 0.05) is 18.1 Å². The monoisotopic (exact) mass is 300 g/mol. The molecule has 0 saturated heterocycles. The molecule has 0 heterocycles. The maximum Gasteiger partial charge on any atom is 0.260 e. The van der Waals surface area contributed by atoms with Crippen LogP contribution in [0.2, 0.25) is 5.02 Å². The fraction of sp³-hybridized carbons (Fsp3) is 0.385. The van der Waals surface area contributed by atoms with E-state index >= 15 is 0 Å². The van der Waals surface area contributed by atoms with E-state index in [1.54, 1.807) is 30.1 Å². The number of nitrogens with two attached hydrogens (primary N) is 1. The Bertz CT molecular complexity index is 492. The summed E-state index contributed by atoms with van der Waals surface area (Å²) in [4.78, 5) is 13.6. The minimum Gasteiger partial charge on any atom is -0.483 e. The molecule has 0 unspecified atom stereocenters. The van der Waals surface area contributed by atoms with Gasteiger partial charge in [-0.3, -0.25) is 4.79 Å².